The van der Waals surface area contributed by atoms with Gasteiger partial charge in [-0.15, -0.1) is 0 Å². The second-order valence-corrected chi connectivity index (χ2v) is 9.63. The lowest BCUT2D eigenvalue weighted by Crippen LogP contribution is -2.41. The summed E-state index contributed by atoms with van der Waals surface area (Å²) in [6.07, 6.45) is 2.75. The lowest BCUT2D eigenvalue weighted by Gasteiger charge is -2.32. The van der Waals surface area contributed by atoms with Gasteiger partial charge in [0.25, 0.3) is 0 Å². The van der Waals surface area contributed by atoms with E-state index in [1.165, 1.54) is 0 Å². The minimum absolute atomic E-state index is 0.264. The van der Waals surface area contributed by atoms with Crippen LogP contribution >= 0.6 is 0 Å². The zero-order valence-corrected chi connectivity index (χ0v) is 18.2. The fourth-order valence-corrected chi connectivity index (χ4v) is 3.30. The summed E-state index contributed by atoms with van der Waals surface area (Å²) in [7, 11) is -0.393. The topological polar surface area (TPSA) is 48.0 Å². The first-order chi connectivity index (χ1) is 12.9. The third-order valence-electron chi connectivity index (χ3n) is 5.59. The van der Waals surface area contributed by atoms with Gasteiger partial charge in [0.1, 0.15) is 5.60 Å². The molecule has 1 saturated heterocycles. The summed E-state index contributed by atoms with van der Waals surface area (Å²) in [5.74, 6) is 0. The Hall–Kier alpha value is -1.79. The molecule has 0 aliphatic carbocycles. The van der Waals surface area contributed by atoms with Crippen LogP contribution in [-0.4, -0.2) is 48.0 Å². The molecule has 0 radical (unpaired) electrons. The summed E-state index contributed by atoms with van der Waals surface area (Å²) in [4.78, 5) is 14.2. The molecule has 28 heavy (non-hydrogen) atoms. The molecule has 0 unspecified atom stereocenters. The third-order valence-corrected chi connectivity index (χ3v) is 5.59. The number of ether oxygens (including phenoxy) is 1. The van der Waals surface area contributed by atoms with E-state index in [2.05, 4.69) is 45.9 Å². The molecule has 2 heterocycles. The highest BCUT2D eigenvalue weighted by Gasteiger charge is 2.51. The van der Waals surface area contributed by atoms with E-state index < -0.39 is 12.7 Å². The van der Waals surface area contributed by atoms with Gasteiger partial charge in [0.2, 0.25) is 0 Å². The summed E-state index contributed by atoms with van der Waals surface area (Å²) in [6, 6.07) is 8.22. The standard InChI is InChI=1S/C22H32BNO4/c1-20(2,3)26-19(25)24-13-9-11-17(15-24)16-10-8-12-18(14-16)23-27-21(4,5)22(6,7)28-23/h8,10-12,14H,9,13,15H2,1-7H3. The van der Waals surface area contributed by atoms with E-state index in [1.54, 1.807) is 4.90 Å². The van der Waals surface area contributed by atoms with Crippen molar-refractivity contribution < 1.29 is 18.8 Å². The lowest BCUT2D eigenvalue weighted by atomic mass is 9.77. The molecule has 0 atom stereocenters. The number of carbonyl (C=O) groups excluding carboxylic acids is 1. The number of amides is 1. The van der Waals surface area contributed by atoms with E-state index in [1.807, 2.05) is 32.9 Å². The molecule has 1 aromatic rings. The van der Waals surface area contributed by atoms with Crippen LogP contribution in [0.2, 0.25) is 0 Å². The van der Waals surface area contributed by atoms with Crippen LogP contribution < -0.4 is 5.46 Å². The zero-order chi connectivity index (χ0) is 20.7. The van der Waals surface area contributed by atoms with Crippen LogP contribution in [0.25, 0.3) is 5.57 Å². The molecule has 0 spiro atoms. The second-order valence-electron chi connectivity index (χ2n) is 9.63. The van der Waals surface area contributed by atoms with Gasteiger partial charge in [-0.05, 0) is 71.5 Å². The van der Waals surface area contributed by atoms with Gasteiger partial charge in [-0.2, -0.15) is 0 Å². The van der Waals surface area contributed by atoms with E-state index in [4.69, 9.17) is 14.0 Å². The highest BCUT2D eigenvalue weighted by molar-refractivity contribution is 6.62. The highest BCUT2D eigenvalue weighted by Crippen LogP contribution is 2.36. The second kappa shape index (κ2) is 7.23. The predicted molar refractivity (Wildman–Crippen MR) is 113 cm³/mol. The van der Waals surface area contributed by atoms with Crippen LogP contribution in [0.4, 0.5) is 4.79 Å². The fourth-order valence-electron chi connectivity index (χ4n) is 3.30. The first-order valence-corrected chi connectivity index (χ1v) is 10.0. The molecule has 0 N–H and O–H groups in total. The summed E-state index contributed by atoms with van der Waals surface area (Å²) in [5, 5.41) is 0. The Morgan fingerprint density at radius 2 is 1.79 bits per heavy atom. The van der Waals surface area contributed by atoms with Crippen molar-refractivity contribution in [1.82, 2.24) is 4.90 Å². The van der Waals surface area contributed by atoms with Gasteiger partial charge in [-0.3, -0.25) is 0 Å². The Labute approximate surface area is 169 Å². The number of benzene rings is 1. The van der Waals surface area contributed by atoms with Crippen LogP contribution in [0.5, 0.6) is 0 Å². The van der Waals surface area contributed by atoms with Gasteiger partial charge in [-0.25, -0.2) is 4.79 Å². The van der Waals surface area contributed by atoms with Crippen LogP contribution in [0.3, 0.4) is 0 Å². The van der Waals surface area contributed by atoms with Crippen molar-refractivity contribution in [3.63, 3.8) is 0 Å². The Morgan fingerprint density at radius 1 is 1.14 bits per heavy atom. The maximum atomic E-state index is 12.4. The van der Waals surface area contributed by atoms with Crippen LogP contribution in [-0.2, 0) is 14.0 Å². The number of rotatable bonds is 2. The van der Waals surface area contributed by atoms with Crippen molar-refractivity contribution in [1.29, 1.82) is 0 Å². The molecule has 152 valence electrons. The van der Waals surface area contributed by atoms with Crippen molar-refractivity contribution in [3.8, 4) is 0 Å². The minimum Gasteiger partial charge on any atom is -0.444 e. The molecule has 0 aromatic heterocycles. The van der Waals surface area contributed by atoms with Crippen LogP contribution in [0.15, 0.2) is 30.3 Å². The number of hydrogen-bond donors (Lipinski definition) is 0. The summed E-state index contributed by atoms with van der Waals surface area (Å²) < 4.78 is 17.9. The average molecular weight is 385 g/mol. The average Bonchev–Trinajstić information content (AvgIpc) is 2.81. The van der Waals surface area contributed by atoms with E-state index >= 15 is 0 Å². The molecule has 2 aliphatic heterocycles. The van der Waals surface area contributed by atoms with Crippen molar-refractivity contribution in [2.24, 2.45) is 0 Å². The van der Waals surface area contributed by atoms with Gasteiger partial charge >= 0.3 is 13.2 Å². The number of hydrogen-bond acceptors (Lipinski definition) is 4. The van der Waals surface area contributed by atoms with E-state index in [-0.39, 0.29) is 17.3 Å². The van der Waals surface area contributed by atoms with Crippen molar-refractivity contribution in [2.45, 2.75) is 71.7 Å². The molecule has 2 aliphatic rings. The van der Waals surface area contributed by atoms with Crippen LogP contribution in [0.1, 0.15) is 60.5 Å². The SMILES string of the molecule is CC(C)(C)OC(=O)N1CCC=C(c2cccc(B3OC(C)(C)C(C)(C)O3)c2)C1. The summed E-state index contributed by atoms with van der Waals surface area (Å²) >= 11 is 0. The largest absolute Gasteiger partial charge is 0.494 e. The van der Waals surface area contributed by atoms with Crippen molar-refractivity contribution >= 4 is 24.2 Å². The molecule has 6 heteroatoms. The van der Waals surface area contributed by atoms with Crippen molar-refractivity contribution in [2.75, 3.05) is 13.1 Å². The highest BCUT2D eigenvalue weighted by atomic mass is 16.7. The lowest BCUT2D eigenvalue weighted by molar-refractivity contribution is 0.00578. The van der Waals surface area contributed by atoms with Gasteiger partial charge < -0.3 is 18.9 Å². The van der Waals surface area contributed by atoms with E-state index in [0.717, 1.165) is 23.0 Å². The molecular formula is C22H32BNO4. The quantitative estimate of drug-likeness (QED) is 0.722. The predicted octanol–water partition coefficient (Wildman–Crippen LogP) is 4.01. The number of carbonyl (C=O) groups is 1. The number of nitrogens with zero attached hydrogens (tertiary/aromatic N) is 1. The molecule has 5 nitrogen and oxygen atoms in total. The molecule has 0 bridgehead atoms. The zero-order valence-electron chi connectivity index (χ0n) is 18.2. The van der Waals surface area contributed by atoms with Gasteiger partial charge in [0, 0.05) is 13.1 Å². The molecular weight excluding hydrogens is 353 g/mol. The summed E-state index contributed by atoms with van der Waals surface area (Å²) in [6.45, 7) is 15.1. The van der Waals surface area contributed by atoms with Gasteiger partial charge in [0.05, 0.1) is 11.2 Å². The minimum atomic E-state index is -0.491. The molecule has 1 aromatic carbocycles. The summed E-state index contributed by atoms with van der Waals surface area (Å²) in [5.41, 5.74) is 1.97. The third kappa shape index (κ3) is 4.44. The first-order valence-electron chi connectivity index (χ1n) is 10.0. The Bertz CT molecular complexity index is 763. The van der Waals surface area contributed by atoms with E-state index in [0.29, 0.717) is 13.1 Å². The normalized spacial score (nSPS) is 21.5. The monoisotopic (exact) mass is 385 g/mol. The Kier molecular flexibility index (Phi) is 5.41. The fraction of sp³-hybridized carbons (Fsp3) is 0.591. The Balaban J connectivity index is 1.76. The first kappa shape index (κ1) is 20.9. The van der Waals surface area contributed by atoms with Gasteiger partial charge in [-0.1, -0.05) is 30.3 Å². The van der Waals surface area contributed by atoms with Crippen LogP contribution in [0, 0.1) is 0 Å². The molecule has 1 amide bonds. The van der Waals surface area contributed by atoms with E-state index in [9.17, 15) is 4.79 Å². The molecule has 0 saturated carbocycles. The maximum absolute atomic E-state index is 12.4. The molecule has 1 fully saturated rings. The molecule has 3 rings (SSSR count). The van der Waals surface area contributed by atoms with Gasteiger partial charge in [0.15, 0.2) is 0 Å². The van der Waals surface area contributed by atoms with Crippen molar-refractivity contribution in [3.05, 3.63) is 35.9 Å². The smallest absolute Gasteiger partial charge is 0.444 e. The Morgan fingerprint density at radius 3 is 2.39 bits per heavy atom. The maximum Gasteiger partial charge on any atom is 0.494 e.